The lowest BCUT2D eigenvalue weighted by Gasteiger charge is -2.25. The predicted octanol–water partition coefficient (Wildman–Crippen LogP) is 2.12. The monoisotopic (exact) mass is 324 g/mol. The largest absolute Gasteiger partial charge is 0.481 e. The van der Waals surface area contributed by atoms with E-state index in [2.05, 4.69) is 6.08 Å². The molecule has 0 heterocycles. The van der Waals surface area contributed by atoms with E-state index in [0.29, 0.717) is 19.3 Å². The highest BCUT2D eigenvalue weighted by Crippen LogP contribution is 2.39. The van der Waals surface area contributed by atoms with E-state index in [-0.39, 0.29) is 36.5 Å². The molecule has 1 saturated carbocycles. The molecule has 1 unspecified atom stereocenters. The minimum atomic E-state index is -0.758. The molecule has 0 amide bonds. The van der Waals surface area contributed by atoms with Crippen molar-refractivity contribution in [1.82, 2.24) is 0 Å². The number of hydrogen-bond donors (Lipinski definition) is 2. The van der Waals surface area contributed by atoms with Gasteiger partial charge < -0.3 is 19.7 Å². The molecule has 0 aromatic carbocycles. The highest BCUT2D eigenvalue weighted by atomic mass is 16.5. The quantitative estimate of drug-likeness (QED) is 0.346. The van der Waals surface area contributed by atoms with Crippen LogP contribution < -0.4 is 0 Å². The van der Waals surface area contributed by atoms with Crippen molar-refractivity contribution in [2.24, 2.45) is 11.8 Å². The van der Waals surface area contributed by atoms with E-state index in [1.54, 1.807) is 14.2 Å². The van der Waals surface area contributed by atoms with Gasteiger partial charge in [-0.15, -0.1) is 0 Å². The normalized spacial score (nSPS) is 29.2. The van der Waals surface area contributed by atoms with Crippen molar-refractivity contribution in [2.75, 3.05) is 14.2 Å². The third-order valence-electron chi connectivity index (χ3n) is 4.72. The molecule has 5 nitrogen and oxygen atoms in total. The molecule has 1 fully saturated rings. The summed E-state index contributed by atoms with van der Waals surface area (Å²) in [5.41, 5.74) is 0. The topological polar surface area (TPSA) is 76.0 Å². The number of aliphatic carboxylic acids is 1. The van der Waals surface area contributed by atoms with E-state index in [9.17, 15) is 9.90 Å². The van der Waals surface area contributed by atoms with E-state index in [0.717, 1.165) is 19.3 Å². The number of ether oxygens (including phenoxy) is 2. The summed E-state index contributed by atoms with van der Waals surface area (Å²) in [5, 5.41) is 18.9. The van der Waals surface area contributed by atoms with Crippen molar-refractivity contribution in [3.05, 3.63) is 12.2 Å². The molecule has 1 rings (SSSR count). The van der Waals surface area contributed by atoms with Gasteiger partial charge in [0.1, 0.15) is 7.85 Å². The highest BCUT2D eigenvalue weighted by molar-refractivity contribution is 6.10. The van der Waals surface area contributed by atoms with Crippen LogP contribution in [0.2, 0.25) is 0 Å². The Hall–Kier alpha value is -0.845. The van der Waals surface area contributed by atoms with Crippen molar-refractivity contribution in [3.8, 4) is 0 Å². The van der Waals surface area contributed by atoms with Crippen LogP contribution in [0.25, 0.3) is 0 Å². The molecule has 2 radical (unpaired) electrons. The molecule has 5 atom stereocenters. The Labute approximate surface area is 140 Å². The molecule has 2 N–H and O–H groups in total. The number of aliphatic hydroxyl groups is 1. The SMILES string of the molecule is [B]C(CC[C@@H]1[C@@H](C/C=C\CCCC(=O)O)[C@@H](OC)C[C@H]1O)OC. The summed E-state index contributed by atoms with van der Waals surface area (Å²) >= 11 is 0. The summed E-state index contributed by atoms with van der Waals surface area (Å²) in [6.07, 6.45) is 8.42. The standard InChI is InChI=1S/C17H29BO5/c1-22-15-11-14(19)12(9-10-16(18)23-2)13(15)7-5-3-4-6-8-17(20)21/h3,5,12-16,19H,4,6-11H2,1-2H3,(H,20,21)/b5-3-/t12-,13-,14-,15+,16?/m1/s1. The Morgan fingerprint density at radius 3 is 2.70 bits per heavy atom. The van der Waals surface area contributed by atoms with Gasteiger partial charge in [-0.1, -0.05) is 12.2 Å². The number of carbonyl (C=O) groups is 1. The van der Waals surface area contributed by atoms with Crippen molar-refractivity contribution >= 4 is 13.8 Å². The first kappa shape index (κ1) is 20.2. The van der Waals surface area contributed by atoms with Crippen molar-refractivity contribution in [1.29, 1.82) is 0 Å². The number of allylic oxidation sites excluding steroid dienone is 2. The molecule has 0 bridgehead atoms. The second-order valence-electron chi connectivity index (χ2n) is 6.25. The van der Waals surface area contributed by atoms with E-state index in [4.69, 9.17) is 22.4 Å². The predicted molar refractivity (Wildman–Crippen MR) is 89.4 cm³/mol. The number of hydrogen-bond acceptors (Lipinski definition) is 4. The van der Waals surface area contributed by atoms with Gasteiger partial charge in [-0.25, -0.2) is 0 Å². The van der Waals surface area contributed by atoms with Crippen LogP contribution in [0.5, 0.6) is 0 Å². The van der Waals surface area contributed by atoms with E-state index < -0.39 is 5.97 Å². The van der Waals surface area contributed by atoms with Gasteiger partial charge in [-0.2, -0.15) is 0 Å². The van der Waals surface area contributed by atoms with Crippen LogP contribution in [-0.2, 0) is 14.3 Å². The zero-order valence-electron chi connectivity index (χ0n) is 14.2. The van der Waals surface area contributed by atoms with E-state index in [1.165, 1.54) is 0 Å². The lowest BCUT2D eigenvalue weighted by molar-refractivity contribution is -0.137. The summed E-state index contributed by atoms with van der Waals surface area (Å²) in [5.74, 6) is -0.342. The summed E-state index contributed by atoms with van der Waals surface area (Å²) in [4.78, 5) is 10.5. The number of carboxylic acid groups (broad SMARTS) is 1. The molecular weight excluding hydrogens is 295 g/mol. The van der Waals surface area contributed by atoms with Gasteiger partial charge in [0.15, 0.2) is 0 Å². The summed E-state index contributed by atoms with van der Waals surface area (Å²) in [7, 11) is 9.06. The minimum absolute atomic E-state index is 0.0532. The molecule has 130 valence electrons. The number of rotatable bonds is 11. The molecule has 0 aliphatic heterocycles. The van der Waals surface area contributed by atoms with Gasteiger partial charge >= 0.3 is 5.97 Å². The average molecular weight is 324 g/mol. The van der Waals surface area contributed by atoms with Crippen LogP contribution >= 0.6 is 0 Å². The first-order valence-electron chi connectivity index (χ1n) is 8.35. The lowest BCUT2D eigenvalue weighted by atomic mass is 9.83. The first-order chi connectivity index (χ1) is 11.0. The summed E-state index contributed by atoms with van der Waals surface area (Å²) in [6, 6.07) is -0.295. The maximum Gasteiger partial charge on any atom is 0.303 e. The second kappa shape index (κ2) is 10.8. The lowest BCUT2D eigenvalue weighted by Crippen LogP contribution is -2.24. The van der Waals surface area contributed by atoms with Crippen molar-refractivity contribution in [2.45, 2.75) is 63.2 Å². The second-order valence-corrected chi connectivity index (χ2v) is 6.25. The first-order valence-corrected chi connectivity index (χ1v) is 8.35. The summed E-state index contributed by atoms with van der Waals surface area (Å²) < 4.78 is 10.6. The van der Waals surface area contributed by atoms with Crippen molar-refractivity contribution in [3.63, 3.8) is 0 Å². The zero-order chi connectivity index (χ0) is 17.2. The van der Waals surface area contributed by atoms with Gasteiger partial charge in [0.25, 0.3) is 0 Å². The van der Waals surface area contributed by atoms with Gasteiger partial charge in [-0.05, 0) is 43.9 Å². The number of aliphatic hydroxyl groups excluding tert-OH is 1. The van der Waals surface area contributed by atoms with Gasteiger partial charge in [0.2, 0.25) is 0 Å². The number of unbranched alkanes of at least 4 members (excludes halogenated alkanes) is 1. The van der Waals surface area contributed by atoms with Gasteiger partial charge in [0, 0.05) is 33.1 Å². The Bertz CT molecular complexity index is 374. The average Bonchev–Trinajstić information content (AvgIpc) is 2.83. The summed E-state index contributed by atoms with van der Waals surface area (Å²) in [6.45, 7) is 0. The van der Waals surface area contributed by atoms with Gasteiger partial charge in [0.05, 0.1) is 12.2 Å². The maximum absolute atomic E-state index is 10.5. The van der Waals surface area contributed by atoms with Crippen LogP contribution in [0.3, 0.4) is 0 Å². The third kappa shape index (κ3) is 7.06. The Morgan fingerprint density at radius 1 is 1.35 bits per heavy atom. The zero-order valence-corrected chi connectivity index (χ0v) is 14.2. The fourth-order valence-corrected chi connectivity index (χ4v) is 3.37. The fourth-order valence-electron chi connectivity index (χ4n) is 3.37. The van der Waals surface area contributed by atoms with Crippen LogP contribution in [0.1, 0.15) is 44.9 Å². The molecule has 1 aliphatic rings. The smallest absolute Gasteiger partial charge is 0.303 e. The molecule has 0 spiro atoms. The Kier molecular flexibility index (Phi) is 9.52. The van der Waals surface area contributed by atoms with Crippen LogP contribution in [-0.4, -0.2) is 56.5 Å². The maximum atomic E-state index is 10.5. The van der Waals surface area contributed by atoms with Crippen molar-refractivity contribution < 1.29 is 24.5 Å². The molecule has 1 aliphatic carbocycles. The fraction of sp³-hybridized carbons (Fsp3) is 0.824. The highest BCUT2D eigenvalue weighted by Gasteiger charge is 2.41. The number of methoxy groups -OCH3 is 2. The molecule has 23 heavy (non-hydrogen) atoms. The van der Waals surface area contributed by atoms with Crippen LogP contribution in [0.15, 0.2) is 12.2 Å². The Balaban J connectivity index is 2.48. The van der Waals surface area contributed by atoms with Gasteiger partial charge in [-0.3, -0.25) is 4.79 Å². The molecule has 0 saturated heterocycles. The molecule has 0 aromatic rings. The Morgan fingerprint density at radius 2 is 2.09 bits per heavy atom. The minimum Gasteiger partial charge on any atom is -0.481 e. The molecule has 0 aromatic heterocycles. The molecule has 6 heteroatoms. The van der Waals surface area contributed by atoms with Crippen LogP contribution in [0.4, 0.5) is 0 Å². The molecular formula is C17H29BO5. The van der Waals surface area contributed by atoms with E-state index in [1.807, 2.05) is 6.08 Å². The van der Waals surface area contributed by atoms with Crippen LogP contribution in [0, 0.1) is 11.8 Å². The number of carboxylic acids is 1. The van der Waals surface area contributed by atoms with E-state index >= 15 is 0 Å². The third-order valence-corrected chi connectivity index (χ3v) is 4.72.